The largest absolute Gasteiger partial charge is 0.391 e. The smallest absolute Gasteiger partial charge is 0.251 e. The van der Waals surface area contributed by atoms with Gasteiger partial charge in [-0.2, -0.15) is 0 Å². The van der Waals surface area contributed by atoms with Gasteiger partial charge in [0.1, 0.15) is 0 Å². The first kappa shape index (κ1) is 24.7. The summed E-state index contributed by atoms with van der Waals surface area (Å²) in [7, 11) is 0. The predicted molar refractivity (Wildman–Crippen MR) is 120 cm³/mol. The molecule has 2 N–H and O–H groups in total. The van der Waals surface area contributed by atoms with Crippen LogP contribution in [0.3, 0.4) is 0 Å². The van der Waals surface area contributed by atoms with Gasteiger partial charge in [0.2, 0.25) is 0 Å². The molecule has 0 heterocycles. The summed E-state index contributed by atoms with van der Waals surface area (Å²) >= 11 is 0. The third kappa shape index (κ3) is 13.8. The van der Waals surface area contributed by atoms with Crippen LogP contribution in [0, 0.1) is 0 Å². The fourth-order valence-corrected chi connectivity index (χ4v) is 3.58. The highest BCUT2D eigenvalue weighted by Gasteiger charge is 2.08. The first-order valence-corrected chi connectivity index (χ1v) is 11.8. The van der Waals surface area contributed by atoms with Gasteiger partial charge in [0.05, 0.1) is 6.10 Å². The summed E-state index contributed by atoms with van der Waals surface area (Å²) in [5.41, 5.74) is 0.645. The van der Waals surface area contributed by atoms with Crippen molar-refractivity contribution in [1.29, 1.82) is 0 Å². The number of unbranched alkanes of at least 4 members (excludes halogenated alkanes) is 13. The van der Waals surface area contributed by atoms with Crippen LogP contribution in [0.1, 0.15) is 114 Å². The highest BCUT2D eigenvalue weighted by atomic mass is 16.3. The van der Waals surface area contributed by atoms with Crippen molar-refractivity contribution in [2.75, 3.05) is 6.54 Å². The molecular formula is C25H43NO2. The molecule has 0 spiro atoms. The molecule has 1 unspecified atom stereocenters. The second-order valence-corrected chi connectivity index (χ2v) is 8.11. The van der Waals surface area contributed by atoms with Gasteiger partial charge in [0.25, 0.3) is 5.91 Å². The average molecular weight is 390 g/mol. The molecule has 160 valence electrons. The fourth-order valence-electron chi connectivity index (χ4n) is 3.58. The first-order valence-electron chi connectivity index (χ1n) is 11.8. The molecule has 0 aliphatic rings. The summed E-state index contributed by atoms with van der Waals surface area (Å²) in [6.45, 7) is 2.61. The molecule has 0 fully saturated rings. The maximum Gasteiger partial charge on any atom is 0.251 e. The van der Waals surface area contributed by atoms with Gasteiger partial charge < -0.3 is 10.4 Å². The van der Waals surface area contributed by atoms with Crippen molar-refractivity contribution in [3.63, 3.8) is 0 Å². The summed E-state index contributed by atoms with van der Waals surface area (Å²) < 4.78 is 0. The van der Waals surface area contributed by atoms with Gasteiger partial charge in [-0.05, 0) is 18.6 Å². The first-order chi connectivity index (χ1) is 13.7. The van der Waals surface area contributed by atoms with Crippen molar-refractivity contribution in [2.45, 2.75) is 109 Å². The Kier molecular flexibility index (Phi) is 15.6. The van der Waals surface area contributed by atoms with E-state index in [-0.39, 0.29) is 5.91 Å². The van der Waals surface area contributed by atoms with E-state index >= 15 is 0 Å². The summed E-state index contributed by atoms with van der Waals surface area (Å²) in [6.07, 6.45) is 19.1. The van der Waals surface area contributed by atoms with E-state index in [0.717, 1.165) is 12.8 Å². The Morgan fingerprint density at radius 1 is 0.786 bits per heavy atom. The lowest BCUT2D eigenvalue weighted by Crippen LogP contribution is -2.32. The van der Waals surface area contributed by atoms with E-state index in [0.29, 0.717) is 12.1 Å². The summed E-state index contributed by atoms with van der Waals surface area (Å²) in [4.78, 5) is 11.9. The molecule has 28 heavy (non-hydrogen) atoms. The van der Waals surface area contributed by atoms with E-state index in [4.69, 9.17) is 0 Å². The van der Waals surface area contributed by atoms with Crippen LogP contribution in [0.25, 0.3) is 0 Å². The molecule has 3 nitrogen and oxygen atoms in total. The van der Waals surface area contributed by atoms with Gasteiger partial charge in [-0.1, -0.05) is 115 Å². The van der Waals surface area contributed by atoms with Crippen molar-refractivity contribution in [1.82, 2.24) is 5.32 Å². The van der Waals surface area contributed by atoms with Crippen LogP contribution in [0.4, 0.5) is 0 Å². The van der Waals surface area contributed by atoms with Gasteiger partial charge in [-0.15, -0.1) is 0 Å². The number of rotatable bonds is 18. The quantitative estimate of drug-likeness (QED) is 0.276. The molecule has 1 amide bonds. The van der Waals surface area contributed by atoms with Crippen molar-refractivity contribution >= 4 is 5.91 Å². The van der Waals surface area contributed by atoms with E-state index in [1.54, 1.807) is 12.1 Å². The normalized spacial score (nSPS) is 12.1. The average Bonchev–Trinajstić information content (AvgIpc) is 2.73. The second-order valence-electron chi connectivity index (χ2n) is 8.11. The van der Waals surface area contributed by atoms with Crippen molar-refractivity contribution in [3.8, 4) is 0 Å². The van der Waals surface area contributed by atoms with Crippen LogP contribution in [0.15, 0.2) is 30.3 Å². The molecule has 1 aromatic carbocycles. The van der Waals surface area contributed by atoms with E-state index in [1.807, 2.05) is 18.2 Å². The Labute approximate surface area is 173 Å². The number of amides is 1. The fraction of sp³-hybridized carbons (Fsp3) is 0.720. The maximum absolute atomic E-state index is 11.9. The van der Waals surface area contributed by atoms with E-state index in [1.165, 1.54) is 83.5 Å². The lowest BCUT2D eigenvalue weighted by atomic mass is 10.0. The van der Waals surface area contributed by atoms with Crippen molar-refractivity contribution in [2.24, 2.45) is 0 Å². The topological polar surface area (TPSA) is 49.3 Å². The molecule has 3 heteroatoms. The molecule has 1 atom stereocenters. The zero-order valence-electron chi connectivity index (χ0n) is 18.1. The monoisotopic (exact) mass is 389 g/mol. The predicted octanol–water partition coefficient (Wildman–Crippen LogP) is 6.65. The third-order valence-electron chi connectivity index (χ3n) is 5.43. The highest BCUT2D eigenvalue weighted by molar-refractivity contribution is 5.94. The van der Waals surface area contributed by atoms with Gasteiger partial charge in [0, 0.05) is 12.1 Å². The number of carbonyl (C=O) groups is 1. The van der Waals surface area contributed by atoms with Crippen LogP contribution >= 0.6 is 0 Å². The summed E-state index contributed by atoms with van der Waals surface area (Å²) in [5.74, 6) is -0.111. The Morgan fingerprint density at radius 2 is 1.25 bits per heavy atom. The van der Waals surface area contributed by atoms with Crippen LogP contribution in [-0.4, -0.2) is 23.7 Å². The molecule has 0 aliphatic carbocycles. The van der Waals surface area contributed by atoms with Gasteiger partial charge >= 0.3 is 0 Å². The van der Waals surface area contributed by atoms with Crippen LogP contribution < -0.4 is 5.32 Å². The van der Waals surface area contributed by atoms with E-state index < -0.39 is 6.10 Å². The number of nitrogens with one attached hydrogen (secondary N) is 1. The molecule has 0 aromatic heterocycles. The Balaban J connectivity index is 1.83. The van der Waals surface area contributed by atoms with Gasteiger partial charge in [0.15, 0.2) is 0 Å². The van der Waals surface area contributed by atoms with E-state index in [9.17, 15) is 9.90 Å². The number of benzene rings is 1. The van der Waals surface area contributed by atoms with Crippen LogP contribution in [-0.2, 0) is 0 Å². The SMILES string of the molecule is CCCCCCCCCCCCCCCCC(O)CNC(=O)c1ccccc1. The van der Waals surface area contributed by atoms with Crippen molar-refractivity contribution < 1.29 is 9.90 Å². The number of hydrogen-bond acceptors (Lipinski definition) is 2. The number of aliphatic hydroxyl groups is 1. The van der Waals surface area contributed by atoms with Crippen molar-refractivity contribution in [3.05, 3.63) is 35.9 Å². The third-order valence-corrected chi connectivity index (χ3v) is 5.43. The van der Waals surface area contributed by atoms with Gasteiger partial charge in [-0.25, -0.2) is 0 Å². The molecule has 1 aromatic rings. The Morgan fingerprint density at radius 3 is 1.75 bits per heavy atom. The lowest BCUT2D eigenvalue weighted by molar-refractivity contribution is 0.0908. The molecule has 0 aliphatic heterocycles. The number of carbonyl (C=O) groups excluding carboxylic acids is 1. The van der Waals surface area contributed by atoms with Crippen LogP contribution in [0.2, 0.25) is 0 Å². The summed E-state index contributed by atoms with van der Waals surface area (Å²) in [6, 6.07) is 9.16. The minimum Gasteiger partial charge on any atom is -0.391 e. The number of aliphatic hydroxyl groups excluding tert-OH is 1. The zero-order chi connectivity index (χ0) is 20.3. The molecule has 0 saturated carbocycles. The Hall–Kier alpha value is -1.35. The molecular weight excluding hydrogens is 346 g/mol. The minimum absolute atomic E-state index is 0.111. The molecule has 0 saturated heterocycles. The highest BCUT2D eigenvalue weighted by Crippen LogP contribution is 2.13. The molecule has 1 rings (SSSR count). The number of hydrogen-bond donors (Lipinski definition) is 2. The standard InChI is InChI=1S/C25H43NO2/c1-2-3-4-5-6-7-8-9-10-11-12-13-14-18-21-24(27)22-26-25(28)23-19-16-15-17-20-23/h15-17,19-20,24,27H,2-14,18,21-22H2,1H3,(H,26,28). The maximum atomic E-state index is 11.9. The molecule has 0 bridgehead atoms. The van der Waals surface area contributed by atoms with E-state index in [2.05, 4.69) is 12.2 Å². The Bertz CT molecular complexity index is 475. The van der Waals surface area contributed by atoms with Gasteiger partial charge in [-0.3, -0.25) is 4.79 Å². The lowest BCUT2D eigenvalue weighted by Gasteiger charge is -2.12. The summed E-state index contributed by atoms with van der Waals surface area (Å²) in [5, 5.41) is 12.8. The van der Waals surface area contributed by atoms with Crippen LogP contribution in [0.5, 0.6) is 0 Å². The zero-order valence-corrected chi connectivity index (χ0v) is 18.1. The second kappa shape index (κ2) is 17.7. The minimum atomic E-state index is -0.440. The molecule has 0 radical (unpaired) electrons.